The highest BCUT2D eigenvalue weighted by atomic mass is 19.1. The lowest BCUT2D eigenvalue weighted by Gasteiger charge is -2.49. The number of hydrogen-bond donors (Lipinski definition) is 9. The fourth-order valence-electron chi connectivity index (χ4n) is 9.60. The van der Waals surface area contributed by atoms with Gasteiger partial charge in [0.1, 0.15) is 72.5 Å². The minimum absolute atomic E-state index is 0.00209. The summed E-state index contributed by atoms with van der Waals surface area (Å²) < 4.78 is 64.6. The van der Waals surface area contributed by atoms with Crippen molar-refractivity contribution < 1.29 is 97.8 Å². The van der Waals surface area contributed by atoms with Crippen molar-refractivity contribution in [3.8, 4) is 11.3 Å². The Morgan fingerprint density at radius 3 is 2.19 bits per heavy atom. The number of aliphatic carboxylic acids is 1. The van der Waals surface area contributed by atoms with E-state index < -0.39 is 153 Å². The first-order valence-electron chi connectivity index (χ1n) is 23.6. The molecule has 3 aliphatic heterocycles. The lowest BCUT2D eigenvalue weighted by Crippen LogP contribution is -2.64. The second-order valence-electron chi connectivity index (χ2n) is 18.3. The molecule has 3 aromatic rings. The van der Waals surface area contributed by atoms with Crippen LogP contribution in [0.25, 0.3) is 11.3 Å². The van der Waals surface area contributed by atoms with Crippen molar-refractivity contribution in [3.05, 3.63) is 72.2 Å². The molecule has 388 valence electrons. The fraction of sp³-hybridized carbons (Fsp3) is 0.660. The van der Waals surface area contributed by atoms with Crippen molar-refractivity contribution in [1.82, 2.24) is 15.0 Å². The van der Waals surface area contributed by atoms with Gasteiger partial charge >= 0.3 is 11.9 Å². The molecule has 0 spiro atoms. The first-order chi connectivity index (χ1) is 33.6. The molecule has 4 aliphatic rings. The van der Waals surface area contributed by atoms with Gasteiger partial charge in [0, 0.05) is 5.56 Å². The van der Waals surface area contributed by atoms with Gasteiger partial charge in [0.25, 0.3) is 0 Å². The third-order valence-corrected chi connectivity index (χ3v) is 13.4. The Morgan fingerprint density at radius 2 is 1.51 bits per heavy atom. The second kappa shape index (κ2) is 24.0. The number of nitrogens with zero attached hydrogens (tertiary/aromatic N) is 3. The van der Waals surface area contributed by atoms with E-state index in [2.05, 4.69) is 10.3 Å². The number of halogens is 1. The normalized spacial score (nSPS) is 37.4. The first kappa shape index (κ1) is 53.6. The molecule has 20 atom stereocenters. The Balaban J connectivity index is 1.19. The third kappa shape index (κ3) is 12.0. The SMILES string of the molecule is CCC[C@H](OC1C(OC(=O)c2ccccc2)[C@H](O[C@@H]2CC(CO[C@H]3OC(CO)[C@@H](O)C(n4cc(-c5cccc(F)c5)nn4)C3O)CC(CC)C2O[C@@H]2OC(C)[C@H](O)C(O)C2O)OC(CO)[C@@H]1O)C(=O)O. The summed E-state index contributed by atoms with van der Waals surface area (Å²) in [4.78, 5) is 26.2. The van der Waals surface area contributed by atoms with Gasteiger partial charge in [-0.25, -0.2) is 18.7 Å². The van der Waals surface area contributed by atoms with Crippen molar-refractivity contribution in [2.75, 3.05) is 19.8 Å². The summed E-state index contributed by atoms with van der Waals surface area (Å²) in [6, 6.07) is 12.1. The van der Waals surface area contributed by atoms with Crippen LogP contribution in [-0.4, -0.2) is 197 Å². The van der Waals surface area contributed by atoms with Crippen LogP contribution >= 0.6 is 0 Å². The van der Waals surface area contributed by atoms with Crippen molar-refractivity contribution >= 4 is 11.9 Å². The van der Waals surface area contributed by atoms with E-state index in [1.807, 2.05) is 6.92 Å². The smallest absolute Gasteiger partial charge is 0.338 e. The summed E-state index contributed by atoms with van der Waals surface area (Å²) >= 11 is 0. The lowest BCUT2D eigenvalue weighted by molar-refractivity contribution is -0.351. The summed E-state index contributed by atoms with van der Waals surface area (Å²) in [6.07, 6.45) is -22.5. The Labute approximate surface area is 402 Å². The Bertz CT molecular complexity index is 2140. The molecule has 4 fully saturated rings. The maximum absolute atomic E-state index is 14.1. The molecule has 1 aliphatic carbocycles. The molecule has 0 radical (unpaired) electrons. The zero-order valence-corrected chi connectivity index (χ0v) is 38.8. The predicted octanol–water partition coefficient (Wildman–Crippen LogP) is 0.0572. The van der Waals surface area contributed by atoms with E-state index in [-0.39, 0.29) is 30.7 Å². The standard InChI is InChI=1S/C47H64FN3O19/c1-4-10-29(43(60)61)65-41-36(56)32(20-53)68-47(42(41)69-44(62)25-11-7-6-8-12-25)66-30-16-23(15-24(5-2)40(30)70-46-39(59)38(58)34(54)22(3)64-46)21-63-45-37(57)33(35(55)31(19-52)67-45)51-18-28(49-50-51)26-13-9-14-27(48)17-26/h6-9,11-14,17-18,22-24,29-42,45-47,52-59H,4-5,10,15-16,19-21H2,1-3H3,(H,60,61)/t22?,23?,24?,29-,30+,31?,32?,33?,34-,35+,36-,37?,38?,39?,40?,41?,42?,45-,46-,47+/m0/s1. The van der Waals surface area contributed by atoms with Crippen molar-refractivity contribution in [3.63, 3.8) is 0 Å². The zero-order valence-electron chi connectivity index (χ0n) is 38.8. The molecule has 9 N–H and O–H groups in total. The van der Waals surface area contributed by atoms with Crippen LogP contribution in [0, 0.1) is 17.7 Å². The molecule has 1 aromatic heterocycles. The summed E-state index contributed by atoms with van der Waals surface area (Å²) in [5.41, 5.74) is 0.711. The van der Waals surface area contributed by atoms with Gasteiger partial charge in [-0.3, -0.25) is 0 Å². The number of carbonyl (C=O) groups excluding carboxylic acids is 1. The number of hydrogen-bond acceptors (Lipinski definition) is 20. The zero-order chi connectivity index (χ0) is 50.4. The average molecular weight is 994 g/mol. The van der Waals surface area contributed by atoms with Gasteiger partial charge < -0.3 is 83.9 Å². The van der Waals surface area contributed by atoms with E-state index in [0.717, 1.165) is 0 Å². The molecule has 23 heteroatoms. The highest BCUT2D eigenvalue weighted by molar-refractivity contribution is 5.89. The van der Waals surface area contributed by atoms with Crippen LogP contribution in [0.4, 0.5) is 4.39 Å². The minimum Gasteiger partial charge on any atom is -0.479 e. The van der Waals surface area contributed by atoms with E-state index in [9.17, 15) is 59.9 Å². The molecule has 12 unspecified atom stereocenters. The fourth-order valence-corrected chi connectivity index (χ4v) is 9.60. The first-order valence-corrected chi connectivity index (χ1v) is 23.6. The van der Waals surface area contributed by atoms with Crippen LogP contribution in [0.5, 0.6) is 0 Å². The largest absolute Gasteiger partial charge is 0.479 e. The van der Waals surface area contributed by atoms with Crippen molar-refractivity contribution in [2.24, 2.45) is 11.8 Å². The number of ether oxygens (including phenoxy) is 8. The highest BCUT2D eigenvalue weighted by Gasteiger charge is 2.54. The number of carboxylic acids is 1. The van der Waals surface area contributed by atoms with Gasteiger partial charge in [-0.1, -0.05) is 62.2 Å². The predicted molar refractivity (Wildman–Crippen MR) is 235 cm³/mol. The minimum atomic E-state index is -1.74. The molecule has 4 heterocycles. The third-order valence-electron chi connectivity index (χ3n) is 13.4. The average Bonchev–Trinajstić information content (AvgIpc) is 3.84. The lowest BCUT2D eigenvalue weighted by atomic mass is 9.76. The monoisotopic (exact) mass is 993 g/mol. The summed E-state index contributed by atoms with van der Waals surface area (Å²) in [5, 5.41) is 106. The maximum Gasteiger partial charge on any atom is 0.338 e. The van der Waals surface area contributed by atoms with E-state index >= 15 is 0 Å². The number of aliphatic hydroxyl groups excluding tert-OH is 8. The number of esters is 1. The number of carboxylic acid groups (broad SMARTS) is 1. The molecular weight excluding hydrogens is 930 g/mol. The number of aromatic nitrogens is 3. The molecule has 1 saturated carbocycles. The van der Waals surface area contributed by atoms with Crippen LogP contribution < -0.4 is 0 Å². The van der Waals surface area contributed by atoms with Crippen LogP contribution in [0.15, 0.2) is 60.8 Å². The Hall–Kier alpha value is -4.15. The molecule has 22 nitrogen and oxygen atoms in total. The molecule has 0 bridgehead atoms. The number of benzene rings is 2. The topological polar surface area (TPSA) is 321 Å². The summed E-state index contributed by atoms with van der Waals surface area (Å²) in [7, 11) is 0. The van der Waals surface area contributed by atoms with E-state index in [1.54, 1.807) is 31.2 Å². The molecule has 0 amide bonds. The van der Waals surface area contributed by atoms with E-state index in [0.29, 0.717) is 24.8 Å². The summed E-state index contributed by atoms with van der Waals surface area (Å²) in [5.74, 6) is -3.74. The van der Waals surface area contributed by atoms with Gasteiger partial charge in [0.05, 0.1) is 49.9 Å². The highest BCUT2D eigenvalue weighted by Crippen LogP contribution is 2.41. The van der Waals surface area contributed by atoms with Crippen molar-refractivity contribution in [1.29, 1.82) is 0 Å². The van der Waals surface area contributed by atoms with E-state index in [4.69, 9.17) is 37.9 Å². The number of carbonyl (C=O) groups is 2. The Kier molecular flexibility index (Phi) is 18.4. The van der Waals surface area contributed by atoms with Gasteiger partial charge in [0.15, 0.2) is 31.1 Å². The number of aliphatic hydroxyl groups is 8. The van der Waals surface area contributed by atoms with Crippen molar-refractivity contribution in [2.45, 2.75) is 163 Å². The van der Waals surface area contributed by atoms with Crippen LogP contribution in [0.2, 0.25) is 0 Å². The van der Waals surface area contributed by atoms with Gasteiger partial charge in [-0.2, -0.15) is 0 Å². The van der Waals surface area contributed by atoms with E-state index in [1.165, 1.54) is 48.1 Å². The molecule has 3 saturated heterocycles. The van der Waals surface area contributed by atoms with Gasteiger partial charge in [-0.05, 0) is 62.3 Å². The van der Waals surface area contributed by atoms with Crippen LogP contribution in [0.3, 0.4) is 0 Å². The molecular formula is C47H64FN3O19. The Morgan fingerprint density at radius 1 is 0.800 bits per heavy atom. The molecule has 2 aromatic carbocycles. The summed E-state index contributed by atoms with van der Waals surface area (Å²) in [6.45, 7) is 3.43. The van der Waals surface area contributed by atoms with Gasteiger partial charge in [0.2, 0.25) is 0 Å². The molecule has 7 rings (SSSR count). The quantitative estimate of drug-likeness (QED) is 0.0717. The van der Waals surface area contributed by atoms with Crippen LogP contribution in [-0.2, 0) is 42.7 Å². The molecule has 70 heavy (non-hydrogen) atoms. The van der Waals surface area contributed by atoms with Crippen LogP contribution in [0.1, 0.15) is 69.3 Å². The second-order valence-corrected chi connectivity index (χ2v) is 18.3. The number of rotatable bonds is 19. The van der Waals surface area contributed by atoms with Gasteiger partial charge in [-0.15, -0.1) is 5.10 Å². The maximum atomic E-state index is 14.1.